The molecule has 0 N–H and O–H groups in total. The molecule has 0 amide bonds. The van der Waals surface area contributed by atoms with Gasteiger partial charge in [-0.3, -0.25) is 4.79 Å². The number of ketones is 1. The lowest BCUT2D eigenvalue weighted by Crippen LogP contribution is -2.26. The summed E-state index contributed by atoms with van der Waals surface area (Å²) in [5, 5.41) is 0. The van der Waals surface area contributed by atoms with Gasteiger partial charge < -0.3 is 4.74 Å². The van der Waals surface area contributed by atoms with Crippen molar-refractivity contribution < 1.29 is 17.9 Å². The summed E-state index contributed by atoms with van der Waals surface area (Å²) >= 11 is 3.25. The first-order chi connectivity index (χ1) is 8.98. The Morgan fingerprint density at radius 2 is 2.11 bits per heavy atom. The third-order valence-electron chi connectivity index (χ3n) is 2.99. The number of hydrogen-bond acceptors (Lipinski definition) is 4. The summed E-state index contributed by atoms with van der Waals surface area (Å²) in [7, 11) is -3.42. The van der Waals surface area contributed by atoms with Crippen LogP contribution in [-0.2, 0) is 14.6 Å². The van der Waals surface area contributed by atoms with E-state index in [0.717, 1.165) is 12.8 Å². The normalized spacial score (nSPS) is 19.5. The van der Waals surface area contributed by atoms with Crippen LogP contribution < -0.4 is 0 Å². The molecule has 1 aliphatic rings. The first kappa shape index (κ1) is 14.7. The Balaban J connectivity index is 2.03. The lowest BCUT2D eigenvalue weighted by atomic mass is 10.1. The standard InChI is InChI=1S/C13H15BrO4S/c14-12-6-2-1-5-11(12)13(15)9-19(16,17)8-10-4-3-7-18-10/h1-2,5-6,10H,3-4,7-9H2. The molecule has 1 aliphatic heterocycles. The molecule has 1 unspecified atom stereocenters. The van der Waals surface area contributed by atoms with Gasteiger partial charge in [-0.1, -0.05) is 34.1 Å². The van der Waals surface area contributed by atoms with Crippen molar-refractivity contribution in [2.45, 2.75) is 18.9 Å². The lowest BCUT2D eigenvalue weighted by Gasteiger charge is -2.10. The molecule has 19 heavy (non-hydrogen) atoms. The van der Waals surface area contributed by atoms with Crippen LogP contribution in [0, 0.1) is 0 Å². The van der Waals surface area contributed by atoms with E-state index in [9.17, 15) is 13.2 Å². The van der Waals surface area contributed by atoms with Gasteiger partial charge in [-0.2, -0.15) is 0 Å². The minimum Gasteiger partial charge on any atom is -0.377 e. The summed E-state index contributed by atoms with van der Waals surface area (Å²) in [5.74, 6) is -0.913. The summed E-state index contributed by atoms with van der Waals surface area (Å²) in [5.41, 5.74) is 0.401. The quantitative estimate of drug-likeness (QED) is 0.767. The van der Waals surface area contributed by atoms with E-state index in [1.54, 1.807) is 24.3 Å². The van der Waals surface area contributed by atoms with Gasteiger partial charge in [-0.15, -0.1) is 0 Å². The molecule has 0 bridgehead atoms. The summed E-state index contributed by atoms with van der Waals surface area (Å²) in [6, 6.07) is 6.83. The SMILES string of the molecule is O=C(CS(=O)(=O)CC1CCCO1)c1ccccc1Br. The van der Waals surface area contributed by atoms with Crippen molar-refractivity contribution in [1.29, 1.82) is 0 Å². The van der Waals surface area contributed by atoms with Crippen LogP contribution in [0.5, 0.6) is 0 Å². The van der Waals surface area contributed by atoms with Gasteiger partial charge in [0.05, 0.1) is 11.9 Å². The van der Waals surface area contributed by atoms with Crippen molar-refractivity contribution in [3.63, 3.8) is 0 Å². The summed E-state index contributed by atoms with van der Waals surface area (Å²) < 4.78 is 29.8. The second-order valence-electron chi connectivity index (χ2n) is 4.59. The van der Waals surface area contributed by atoms with Crippen molar-refractivity contribution in [1.82, 2.24) is 0 Å². The molecule has 1 aromatic carbocycles. The second kappa shape index (κ2) is 6.15. The van der Waals surface area contributed by atoms with Crippen LogP contribution >= 0.6 is 15.9 Å². The van der Waals surface area contributed by atoms with E-state index >= 15 is 0 Å². The van der Waals surface area contributed by atoms with Crippen LogP contribution in [0.2, 0.25) is 0 Å². The van der Waals surface area contributed by atoms with Crippen molar-refractivity contribution >= 4 is 31.6 Å². The van der Waals surface area contributed by atoms with Gasteiger partial charge >= 0.3 is 0 Å². The molecule has 0 aromatic heterocycles. The first-order valence-electron chi connectivity index (χ1n) is 6.08. The second-order valence-corrected chi connectivity index (χ2v) is 7.56. The number of Topliss-reactive ketones (excluding diaryl/α,β-unsaturated/α-hetero) is 1. The van der Waals surface area contributed by atoms with Gasteiger partial charge in [-0.05, 0) is 18.9 Å². The maximum atomic E-state index is 12.0. The lowest BCUT2D eigenvalue weighted by molar-refractivity contribution is 0.101. The molecule has 0 radical (unpaired) electrons. The number of ether oxygens (including phenoxy) is 1. The van der Waals surface area contributed by atoms with Crippen LogP contribution in [0.25, 0.3) is 0 Å². The fourth-order valence-electron chi connectivity index (χ4n) is 2.08. The Hall–Kier alpha value is -0.720. The van der Waals surface area contributed by atoms with Crippen LogP contribution in [0.15, 0.2) is 28.7 Å². The molecule has 2 rings (SSSR count). The zero-order valence-electron chi connectivity index (χ0n) is 10.3. The molecular weight excluding hydrogens is 332 g/mol. The van der Waals surface area contributed by atoms with E-state index in [2.05, 4.69) is 15.9 Å². The molecule has 1 aromatic rings. The average Bonchev–Trinajstić information content (AvgIpc) is 2.80. The van der Waals surface area contributed by atoms with E-state index in [1.807, 2.05) is 0 Å². The molecule has 0 saturated carbocycles. The molecule has 104 valence electrons. The largest absolute Gasteiger partial charge is 0.377 e. The van der Waals surface area contributed by atoms with Crippen molar-refractivity contribution in [2.75, 3.05) is 18.1 Å². The zero-order valence-corrected chi connectivity index (χ0v) is 12.7. The monoisotopic (exact) mass is 346 g/mol. The molecular formula is C13H15BrO4S. The fourth-order valence-corrected chi connectivity index (χ4v) is 4.09. The molecule has 1 saturated heterocycles. The van der Waals surface area contributed by atoms with E-state index in [1.165, 1.54) is 0 Å². The number of halogens is 1. The molecule has 4 nitrogen and oxygen atoms in total. The van der Waals surface area contributed by atoms with E-state index in [-0.39, 0.29) is 17.6 Å². The fraction of sp³-hybridized carbons (Fsp3) is 0.462. The third kappa shape index (κ3) is 4.12. The number of rotatable bonds is 5. The van der Waals surface area contributed by atoms with Gasteiger partial charge in [0.2, 0.25) is 0 Å². The summed E-state index contributed by atoms with van der Waals surface area (Å²) in [4.78, 5) is 12.0. The summed E-state index contributed by atoms with van der Waals surface area (Å²) in [6.45, 7) is 0.609. The number of hydrogen-bond donors (Lipinski definition) is 0. The Bertz CT molecular complexity index is 562. The van der Waals surface area contributed by atoms with E-state index in [0.29, 0.717) is 16.6 Å². The maximum Gasteiger partial charge on any atom is 0.178 e. The van der Waals surface area contributed by atoms with Gasteiger partial charge in [0.1, 0.15) is 5.75 Å². The Morgan fingerprint density at radius 1 is 1.37 bits per heavy atom. The van der Waals surface area contributed by atoms with Gasteiger partial charge in [0.25, 0.3) is 0 Å². The average molecular weight is 347 g/mol. The van der Waals surface area contributed by atoms with Crippen LogP contribution in [0.1, 0.15) is 23.2 Å². The highest BCUT2D eigenvalue weighted by Gasteiger charge is 2.26. The molecule has 0 aliphatic carbocycles. The number of carbonyl (C=O) groups is 1. The minimum absolute atomic E-state index is 0.0663. The first-order valence-corrected chi connectivity index (χ1v) is 8.69. The number of benzene rings is 1. The minimum atomic E-state index is -3.42. The molecule has 1 fully saturated rings. The van der Waals surface area contributed by atoms with Crippen molar-refractivity contribution in [2.24, 2.45) is 0 Å². The maximum absolute atomic E-state index is 12.0. The van der Waals surface area contributed by atoms with E-state index < -0.39 is 15.6 Å². The molecule has 1 heterocycles. The Labute approximate surface area is 121 Å². The van der Waals surface area contributed by atoms with E-state index in [4.69, 9.17) is 4.74 Å². The molecule has 1 atom stereocenters. The van der Waals surface area contributed by atoms with Crippen molar-refractivity contribution in [3.8, 4) is 0 Å². The third-order valence-corrected chi connectivity index (χ3v) is 5.26. The van der Waals surface area contributed by atoms with Gasteiger partial charge in [0.15, 0.2) is 15.6 Å². The highest BCUT2D eigenvalue weighted by molar-refractivity contribution is 9.10. The number of sulfone groups is 1. The van der Waals surface area contributed by atoms with Gasteiger partial charge in [-0.25, -0.2) is 8.42 Å². The Morgan fingerprint density at radius 3 is 2.74 bits per heavy atom. The van der Waals surface area contributed by atoms with Crippen LogP contribution in [0.3, 0.4) is 0 Å². The highest BCUT2D eigenvalue weighted by Crippen LogP contribution is 2.18. The van der Waals surface area contributed by atoms with Crippen molar-refractivity contribution in [3.05, 3.63) is 34.3 Å². The topological polar surface area (TPSA) is 60.4 Å². The molecule has 6 heteroatoms. The van der Waals surface area contributed by atoms with Crippen LogP contribution in [0.4, 0.5) is 0 Å². The predicted octanol–water partition coefficient (Wildman–Crippen LogP) is 2.23. The predicted molar refractivity (Wildman–Crippen MR) is 76.1 cm³/mol. The Kier molecular flexibility index (Phi) is 4.76. The number of carbonyl (C=O) groups excluding carboxylic acids is 1. The van der Waals surface area contributed by atoms with Crippen LogP contribution in [-0.4, -0.2) is 38.4 Å². The smallest absolute Gasteiger partial charge is 0.178 e. The molecule has 0 spiro atoms. The van der Waals surface area contributed by atoms with Gasteiger partial charge in [0, 0.05) is 16.6 Å². The highest BCUT2D eigenvalue weighted by atomic mass is 79.9. The summed E-state index contributed by atoms with van der Waals surface area (Å²) in [6.07, 6.45) is 1.39. The zero-order chi connectivity index (χ0) is 13.9.